The zero-order valence-electron chi connectivity index (χ0n) is 8.62. The van der Waals surface area contributed by atoms with Crippen LogP contribution in [0, 0.1) is 0 Å². The summed E-state index contributed by atoms with van der Waals surface area (Å²) >= 11 is 3.38. The Kier molecular flexibility index (Phi) is 3.96. The fourth-order valence-electron chi connectivity index (χ4n) is 1.19. The van der Waals surface area contributed by atoms with Gasteiger partial charge >= 0.3 is 0 Å². The third-order valence-corrected chi connectivity index (χ3v) is 2.51. The normalized spacial score (nSPS) is 13.0. The van der Waals surface area contributed by atoms with E-state index in [1.807, 2.05) is 32.0 Å². The summed E-state index contributed by atoms with van der Waals surface area (Å²) in [6.45, 7) is 5.69. The third kappa shape index (κ3) is 3.00. The number of hydrogen-bond donors (Lipinski definition) is 1. The zero-order valence-corrected chi connectivity index (χ0v) is 10.2. The van der Waals surface area contributed by atoms with Crippen LogP contribution in [0.5, 0.6) is 5.75 Å². The maximum absolute atomic E-state index is 9.48. The molecule has 3 heteroatoms. The Balaban J connectivity index is 2.94. The smallest absolute Gasteiger partial charge is 0.120 e. The lowest BCUT2D eigenvalue weighted by Crippen LogP contribution is -2.06. The molecule has 0 bridgehead atoms. The van der Waals surface area contributed by atoms with Crippen LogP contribution in [0.4, 0.5) is 0 Å². The molecule has 0 spiro atoms. The lowest BCUT2D eigenvalue weighted by Gasteiger charge is -2.13. The maximum Gasteiger partial charge on any atom is 0.120 e. The predicted molar refractivity (Wildman–Crippen MR) is 60.5 cm³/mol. The fourth-order valence-corrected chi connectivity index (χ4v) is 1.77. The van der Waals surface area contributed by atoms with Crippen LogP contribution in [-0.2, 0) is 0 Å². The average Bonchev–Trinajstić information content (AvgIpc) is 2.07. The molecule has 1 rings (SSSR count). The molecule has 0 radical (unpaired) electrons. The molecule has 0 aliphatic rings. The molecule has 78 valence electrons. The average molecular weight is 259 g/mol. The van der Waals surface area contributed by atoms with Crippen molar-refractivity contribution in [1.29, 1.82) is 0 Å². The molecule has 0 heterocycles. The standard InChI is InChI=1S/C11H15BrO2/c1-7(2)14-9-4-5-11(12)10(6-9)8(3)13/h4-8,13H,1-3H3/t8-/m1/s1. The molecule has 1 aromatic carbocycles. The molecule has 1 aromatic rings. The maximum atomic E-state index is 9.48. The number of rotatable bonds is 3. The summed E-state index contributed by atoms with van der Waals surface area (Å²) in [5.74, 6) is 0.791. The topological polar surface area (TPSA) is 29.5 Å². The summed E-state index contributed by atoms with van der Waals surface area (Å²) in [5, 5.41) is 9.48. The van der Waals surface area contributed by atoms with Crippen molar-refractivity contribution in [3.63, 3.8) is 0 Å². The summed E-state index contributed by atoms with van der Waals surface area (Å²) in [4.78, 5) is 0. The summed E-state index contributed by atoms with van der Waals surface area (Å²) in [6.07, 6.45) is -0.335. The van der Waals surface area contributed by atoms with E-state index >= 15 is 0 Å². The zero-order chi connectivity index (χ0) is 10.7. The second kappa shape index (κ2) is 4.80. The van der Waals surface area contributed by atoms with E-state index < -0.39 is 6.10 Å². The second-order valence-corrected chi connectivity index (χ2v) is 4.38. The van der Waals surface area contributed by atoms with Crippen LogP contribution in [0.2, 0.25) is 0 Å². The van der Waals surface area contributed by atoms with Crippen molar-refractivity contribution in [2.75, 3.05) is 0 Å². The SMILES string of the molecule is CC(C)Oc1ccc(Br)c([C@@H](C)O)c1. The number of aliphatic hydroxyl groups excluding tert-OH is 1. The van der Waals surface area contributed by atoms with E-state index in [0.29, 0.717) is 0 Å². The first kappa shape index (κ1) is 11.5. The Morgan fingerprint density at radius 1 is 1.29 bits per heavy atom. The number of hydrogen-bond acceptors (Lipinski definition) is 2. The van der Waals surface area contributed by atoms with Crippen LogP contribution < -0.4 is 4.74 Å². The lowest BCUT2D eigenvalue weighted by molar-refractivity contribution is 0.196. The van der Waals surface area contributed by atoms with Gasteiger partial charge in [-0.25, -0.2) is 0 Å². The first-order valence-electron chi connectivity index (χ1n) is 4.65. The molecule has 0 aromatic heterocycles. The van der Waals surface area contributed by atoms with Crippen LogP contribution in [0.1, 0.15) is 32.4 Å². The van der Waals surface area contributed by atoms with Gasteiger partial charge in [-0.1, -0.05) is 15.9 Å². The minimum atomic E-state index is -0.486. The van der Waals surface area contributed by atoms with Crippen molar-refractivity contribution in [2.45, 2.75) is 33.0 Å². The summed E-state index contributed by atoms with van der Waals surface area (Å²) < 4.78 is 6.43. The molecule has 1 N–H and O–H groups in total. The Labute approximate surface area is 93.0 Å². The highest BCUT2D eigenvalue weighted by Crippen LogP contribution is 2.27. The van der Waals surface area contributed by atoms with E-state index in [1.165, 1.54) is 0 Å². The van der Waals surface area contributed by atoms with Gasteiger partial charge in [-0.15, -0.1) is 0 Å². The highest BCUT2D eigenvalue weighted by Gasteiger charge is 2.08. The van der Waals surface area contributed by atoms with Crippen LogP contribution in [-0.4, -0.2) is 11.2 Å². The van der Waals surface area contributed by atoms with E-state index in [1.54, 1.807) is 6.92 Å². The van der Waals surface area contributed by atoms with Gasteiger partial charge in [0.1, 0.15) is 5.75 Å². The van der Waals surface area contributed by atoms with Crippen LogP contribution in [0.25, 0.3) is 0 Å². The number of ether oxygens (including phenoxy) is 1. The molecule has 0 saturated heterocycles. The molecular weight excluding hydrogens is 244 g/mol. The molecule has 0 fully saturated rings. The van der Waals surface area contributed by atoms with Gasteiger partial charge in [-0.3, -0.25) is 0 Å². The van der Waals surface area contributed by atoms with Crippen LogP contribution in [0.15, 0.2) is 22.7 Å². The van der Waals surface area contributed by atoms with Crippen molar-refractivity contribution in [1.82, 2.24) is 0 Å². The first-order valence-corrected chi connectivity index (χ1v) is 5.44. The molecule has 0 aliphatic heterocycles. The van der Waals surface area contributed by atoms with Gasteiger partial charge in [-0.2, -0.15) is 0 Å². The number of aliphatic hydroxyl groups is 1. The highest BCUT2D eigenvalue weighted by molar-refractivity contribution is 9.10. The molecule has 1 atom stereocenters. The van der Waals surface area contributed by atoms with Crippen molar-refractivity contribution < 1.29 is 9.84 Å². The first-order chi connectivity index (χ1) is 6.50. The van der Waals surface area contributed by atoms with E-state index in [-0.39, 0.29) is 6.10 Å². The monoisotopic (exact) mass is 258 g/mol. The summed E-state index contributed by atoms with van der Waals surface area (Å²) in [6, 6.07) is 5.63. The minimum absolute atomic E-state index is 0.151. The summed E-state index contributed by atoms with van der Waals surface area (Å²) in [5.41, 5.74) is 0.850. The van der Waals surface area contributed by atoms with Crippen LogP contribution >= 0.6 is 15.9 Å². The molecule has 14 heavy (non-hydrogen) atoms. The van der Waals surface area contributed by atoms with Gasteiger partial charge < -0.3 is 9.84 Å². The highest BCUT2D eigenvalue weighted by atomic mass is 79.9. The number of halogens is 1. The van der Waals surface area contributed by atoms with Gasteiger partial charge in [0, 0.05) is 4.47 Å². The largest absolute Gasteiger partial charge is 0.491 e. The van der Waals surface area contributed by atoms with Crippen molar-refractivity contribution in [3.05, 3.63) is 28.2 Å². The Morgan fingerprint density at radius 3 is 2.43 bits per heavy atom. The van der Waals surface area contributed by atoms with Gasteiger partial charge in [0.2, 0.25) is 0 Å². The lowest BCUT2D eigenvalue weighted by atomic mass is 10.1. The van der Waals surface area contributed by atoms with Gasteiger partial charge in [0.25, 0.3) is 0 Å². The molecule has 0 saturated carbocycles. The van der Waals surface area contributed by atoms with Gasteiger partial charge in [0.05, 0.1) is 12.2 Å². The molecule has 0 amide bonds. The Bertz CT molecular complexity index is 308. The van der Waals surface area contributed by atoms with E-state index in [9.17, 15) is 5.11 Å². The summed E-state index contributed by atoms with van der Waals surface area (Å²) in [7, 11) is 0. The van der Waals surface area contributed by atoms with Gasteiger partial charge in [0.15, 0.2) is 0 Å². The van der Waals surface area contributed by atoms with Crippen molar-refractivity contribution >= 4 is 15.9 Å². The van der Waals surface area contributed by atoms with E-state index in [2.05, 4.69) is 15.9 Å². The van der Waals surface area contributed by atoms with Gasteiger partial charge in [-0.05, 0) is 44.5 Å². The molecule has 2 nitrogen and oxygen atoms in total. The third-order valence-electron chi connectivity index (χ3n) is 1.79. The molecule has 0 unspecified atom stereocenters. The minimum Gasteiger partial charge on any atom is -0.491 e. The molecule has 0 aliphatic carbocycles. The quantitative estimate of drug-likeness (QED) is 0.902. The fraction of sp³-hybridized carbons (Fsp3) is 0.455. The Hall–Kier alpha value is -0.540. The van der Waals surface area contributed by atoms with Crippen molar-refractivity contribution in [3.8, 4) is 5.75 Å². The van der Waals surface area contributed by atoms with Crippen molar-refractivity contribution in [2.24, 2.45) is 0 Å². The molecular formula is C11H15BrO2. The van der Waals surface area contributed by atoms with Crippen LogP contribution in [0.3, 0.4) is 0 Å². The van der Waals surface area contributed by atoms with E-state index in [0.717, 1.165) is 15.8 Å². The second-order valence-electron chi connectivity index (χ2n) is 3.53. The predicted octanol–water partition coefficient (Wildman–Crippen LogP) is 3.29. The Morgan fingerprint density at radius 2 is 1.93 bits per heavy atom. The van der Waals surface area contributed by atoms with E-state index in [4.69, 9.17) is 4.74 Å². The number of benzene rings is 1.